The zero-order chi connectivity index (χ0) is 11.4. The highest BCUT2D eigenvalue weighted by molar-refractivity contribution is 5.79. The molecule has 2 aromatic rings. The third-order valence-electron chi connectivity index (χ3n) is 2.20. The summed E-state index contributed by atoms with van der Waals surface area (Å²) in [4.78, 5) is 8.43. The molecule has 16 heavy (non-hydrogen) atoms. The van der Waals surface area contributed by atoms with Gasteiger partial charge in [-0.2, -0.15) is 4.98 Å². The zero-order valence-electron chi connectivity index (χ0n) is 9.43. The molecular weight excluding hydrogens is 204 g/mol. The molecule has 0 fully saturated rings. The Balaban J connectivity index is 2.35. The predicted octanol–water partition coefficient (Wildman–Crippen LogP) is 2.43. The fourth-order valence-corrected chi connectivity index (χ4v) is 1.38. The number of aromatic nitrogens is 2. The topological polar surface area (TPSA) is 44.2 Å². The van der Waals surface area contributed by atoms with Crippen molar-refractivity contribution in [2.24, 2.45) is 0 Å². The van der Waals surface area contributed by atoms with Crippen LogP contribution < -0.4 is 9.47 Å². The van der Waals surface area contributed by atoms with Crippen molar-refractivity contribution in [1.29, 1.82) is 0 Å². The molecule has 0 radical (unpaired) electrons. The summed E-state index contributed by atoms with van der Waals surface area (Å²) in [7, 11) is 1.64. The van der Waals surface area contributed by atoms with E-state index in [-0.39, 0.29) is 0 Å². The number of nitrogens with zero attached hydrogens (tertiary/aromatic N) is 2. The van der Waals surface area contributed by atoms with Crippen molar-refractivity contribution in [3.8, 4) is 11.8 Å². The minimum absolute atomic E-state index is 0.419. The van der Waals surface area contributed by atoms with Gasteiger partial charge in [0.05, 0.1) is 19.2 Å². The summed E-state index contributed by atoms with van der Waals surface area (Å²) in [6.45, 7) is 2.68. The Morgan fingerprint density at radius 3 is 2.94 bits per heavy atom. The molecular formula is C12H14N2O2. The Kier molecular flexibility index (Phi) is 3.19. The Morgan fingerprint density at radius 2 is 2.19 bits per heavy atom. The zero-order valence-corrected chi connectivity index (χ0v) is 9.43. The van der Waals surface area contributed by atoms with E-state index in [2.05, 4.69) is 9.97 Å². The molecule has 0 aliphatic carbocycles. The van der Waals surface area contributed by atoms with Crippen molar-refractivity contribution in [2.75, 3.05) is 13.7 Å². The molecule has 0 bridgehead atoms. The molecule has 2 rings (SSSR count). The predicted molar refractivity (Wildman–Crippen MR) is 61.9 cm³/mol. The first-order chi connectivity index (χ1) is 7.83. The van der Waals surface area contributed by atoms with Crippen LogP contribution >= 0.6 is 0 Å². The second kappa shape index (κ2) is 4.79. The van der Waals surface area contributed by atoms with Crippen molar-refractivity contribution < 1.29 is 9.47 Å². The number of hydrogen-bond acceptors (Lipinski definition) is 4. The van der Waals surface area contributed by atoms with Crippen LogP contribution in [0.15, 0.2) is 24.4 Å². The van der Waals surface area contributed by atoms with Crippen LogP contribution in [-0.2, 0) is 0 Å². The number of fused-ring (bicyclic) bond motifs is 1. The van der Waals surface area contributed by atoms with Crippen molar-refractivity contribution in [1.82, 2.24) is 9.97 Å². The van der Waals surface area contributed by atoms with Crippen molar-refractivity contribution >= 4 is 10.9 Å². The Hall–Kier alpha value is -1.84. The van der Waals surface area contributed by atoms with Crippen molar-refractivity contribution in [2.45, 2.75) is 13.3 Å². The molecule has 0 aliphatic heterocycles. The molecule has 0 amide bonds. The van der Waals surface area contributed by atoms with E-state index < -0.39 is 0 Å². The van der Waals surface area contributed by atoms with Gasteiger partial charge in [0.2, 0.25) is 0 Å². The normalized spacial score (nSPS) is 10.4. The highest BCUT2D eigenvalue weighted by Gasteiger charge is 2.01. The van der Waals surface area contributed by atoms with E-state index in [1.54, 1.807) is 13.3 Å². The maximum Gasteiger partial charge on any atom is 0.316 e. The first-order valence-electron chi connectivity index (χ1n) is 5.27. The van der Waals surface area contributed by atoms with Gasteiger partial charge in [0, 0.05) is 17.6 Å². The molecule has 0 atom stereocenters. The van der Waals surface area contributed by atoms with E-state index >= 15 is 0 Å². The summed E-state index contributed by atoms with van der Waals surface area (Å²) in [5.74, 6) is 0.785. The highest BCUT2D eigenvalue weighted by atomic mass is 16.5. The molecule has 4 heteroatoms. The summed E-state index contributed by atoms with van der Waals surface area (Å²) < 4.78 is 10.5. The minimum Gasteiger partial charge on any atom is -0.497 e. The van der Waals surface area contributed by atoms with E-state index in [1.807, 2.05) is 25.1 Å². The second-order valence-corrected chi connectivity index (χ2v) is 3.43. The highest BCUT2D eigenvalue weighted by Crippen LogP contribution is 2.19. The van der Waals surface area contributed by atoms with Crippen molar-refractivity contribution in [3.63, 3.8) is 0 Å². The van der Waals surface area contributed by atoms with Gasteiger partial charge in [0.25, 0.3) is 0 Å². The van der Waals surface area contributed by atoms with Crippen LogP contribution in [0.2, 0.25) is 0 Å². The lowest BCUT2D eigenvalue weighted by atomic mass is 10.2. The Bertz CT molecular complexity index is 485. The monoisotopic (exact) mass is 218 g/mol. The van der Waals surface area contributed by atoms with Crippen LogP contribution in [0, 0.1) is 0 Å². The van der Waals surface area contributed by atoms with E-state index in [0.717, 1.165) is 23.1 Å². The van der Waals surface area contributed by atoms with Gasteiger partial charge >= 0.3 is 6.01 Å². The molecule has 0 saturated heterocycles. The molecule has 0 N–H and O–H groups in total. The molecule has 0 aliphatic rings. The lowest BCUT2D eigenvalue weighted by Gasteiger charge is -2.04. The van der Waals surface area contributed by atoms with Crippen LogP contribution in [0.4, 0.5) is 0 Å². The average Bonchev–Trinajstić information content (AvgIpc) is 2.35. The smallest absolute Gasteiger partial charge is 0.316 e. The number of methoxy groups -OCH3 is 1. The van der Waals surface area contributed by atoms with Crippen LogP contribution in [0.25, 0.3) is 10.9 Å². The molecule has 1 aromatic heterocycles. The van der Waals surface area contributed by atoms with Gasteiger partial charge < -0.3 is 9.47 Å². The standard InChI is InChI=1S/C12H14N2O2/c1-3-6-16-12-13-8-9-4-5-10(15-2)7-11(9)14-12/h4-5,7-8H,3,6H2,1-2H3. The van der Waals surface area contributed by atoms with Gasteiger partial charge in [-0.3, -0.25) is 0 Å². The van der Waals surface area contributed by atoms with E-state index in [1.165, 1.54) is 0 Å². The number of rotatable bonds is 4. The molecule has 0 spiro atoms. The lowest BCUT2D eigenvalue weighted by molar-refractivity contribution is 0.293. The fraction of sp³-hybridized carbons (Fsp3) is 0.333. The largest absolute Gasteiger partial charge is 0.497 e. The number of hydrogen-bond donors (Lipinski definition) is 0. The molecule has 0 unspecified atom stereocenters. The third-order valence-corrected chi connectivity index (χ3v) is 2.20. The molecule has 4 nitrogen and oxygen atoms in total. The van der Waals surface area contributed by atoms with Crippen LogP contribution in [0.3, 0.4) is 0 Å². The molecule has 1 aromatic carbocycles. The number of benzene rings is 1. The maximum absolute atomic E-state index is 5.37. The summed E-state index contributed by atoms with van der Waals surface area (Å²) >= 11 is 0. The van der Waals surface area contributed by atoms with Gasteiger partial charge in [0.1, 0.15) is 5.75 Å². The van der Waals surface area contributed by atoms with Crippen LogP contribution in [0.5, 0.6) is 11.8 Å². The van der Waals surface area contributed by atoms with Gasteiger partial charge in [-0.1, -0.05) is 6.92 Å². The van der Waals surface area contributed by atoms with Gasteiger partial charge in [0.15, 0.2) is 0 Å². The van der Waals surface area contributed by atoms with Crippen LogP contribution in [-0.4, -0.2) is 23.7 Å². The van der Waals surface area contributed by atoms with Gasteiger partial charge in [-0.15, -0.1) is 0 Å². The maximum atomic E-state index is 5.37. The molecule has 84 valence electrons. The lowest BCUT2D eigenvalue weighted by Crippen LogP contribution is -1.99. The van der Waals surface area contributed by atoms with E-state index in [0.29, 0.717) is 12.6 Å². The van der Waals surface area contributed by atoms with Crippen LogP contribution in [0.1, 0.15) is 13.3 Å². The third kappa shape index (κ3) is 2.21. The Labute approximate surface area is 94.2 Å². The molecule has 0 saturated carbocycles. The summed E-state index contributed by atoms with van der Waals surface area (Å²) in [5, 5.41) is 0.977. The average molecular weight is 218 g/mol. The summed E-state index contributed by atoms with van der Waals surface area (Å²) in [6.07, 6.45) is 2.70. The van der Waals surface area contributed by atoms with Crippen molar-refractivity contribution in [3.05, 3.63) is 24.4 Å². The van der Waals surface area contributed by atoms with Gasteiger partial charge in [-0.05, 0) is 18.6 Å². The summed E-state index contributed by atoms with van der Waals surface area (Å²) in [5.41, 5.74) is 0.834. The molecule has 1 heterocycles. The van der Waals surface area contributed by atoms with E-state index in [4.69, 9.17) is 9.47 Å². The minimum atomic E-state index is 0.419. The van der Waals surface area contributed by atoms with E-state index in [9.17, 15) is 0 Å². The van der Waals surface area contributed by atoms with Gasteiger partial charge in [-0.25, -0.2) is 4.98 Å². The first-order valence-corrected chi connectivity index (χ1v) is 5.27. The Morgan fingerprint density at radius 1 is 1.31 bits per heavy atom. The number of ether oxygens (including phenoxy) is 2. The first kappa shape index (κ1) is 10.7. The quantitative estimate of drug-likeness (QED) is 0.790. The summed E-state index contributed by atoms with van der Waals surface area (Å²) in [6, 6.07) is 6.11. The SMILES string of the molecule is CCCOc1ncc2ccc(OC)cc2n1. The second-order valence-electron chi connectivity index (χ2n) is 3.43. The fourth-order valence-electron chi connectivity index (χ4n) is 1.38.